The van der Waals surface area contributed by atoms with Crippen molar-refractivity contribution in [2.45, 2.75) is 13.8 Å². The van der Waals surface area contributed by atoms with Gasteiger partial charge in [-0.25, -0.2) is 4.39 Å². The summed E-state index contributed by atoms with van der Waals surface area (Å²) in [6.45, 7) is 4.56. The molecule has 2 rings (SSSR count). The van der Waals surface area contributed by atoms with Gasteiger partial charge in [0, 0.05) is 12.8 Å². The van der Waals surface area contributed by atoms with E-state index >= 15 is 0 Å². The molecule has 0 spiro atoms. The van der Waals surface area contributed by atoms with Crippen LogP contribution in [-0.4, -0.2) is 30.1 Å². The first-order valence-electron chi connectivity index (χ1n) is 5.61. The predicted molar refractivity (Wildman–Crippen MR) is 65.3 cm³/mol. The summed E-state index contributed by atoms with van der Waals surface area (Å²) in [4.78, 5) is 18.1. The van der Waals surface area contributed by atoms with Crippen LogP contribution < -0.4 is 0 Å². The smallest absolute Gasteiger partial charge is 0.256 e. The number of rotatable bonds is 1. The molecule has 0 bridgehead atoms. The third kappa shape index (κ3) is 2.20. The van der Waals surface area contributed by atoms with Crippen molar-refractivity contribution in [2.24, 2.45) is 10.9 Å². The average Bonchev–Trinajstić information content (AvgIpc) is 2.39. The predicted octanol–water partition coefficient (Wildman–Crippen LogP) is 2.64. The van der Waals surface area contributed by atoms with E-state index in [0.29, 0.717) is 17.8 Å². The Kier molecular flexibility index (Phi) is 2.96. The number of hydrogen-bond acceptors (Lipinski definition) is 2. The monoisotopic (exact) mass is 234 g/mol. The molecule has 0 radical (unpaired) electrons. The van der Waals surface area contributed by atoms with E-state index < -0.39 is 5.82 Å². The number of fused-ring (bicyclic) bond motifs is 1. The summed E-state index contributed by atoms with van der Waals surface area (Å²) in [5.74, 6) is -0.325. The molecule has 0 unspecified atom stereocenters. The summed E-state index contributed by atoms with van der Waals surface area (Å²) in [5.41, 5.74) is 1.83. The van der Waals surface area contributed by atoms with Gasteiger partial charge in [0.1, 0.15) is 5.82 Å². The lowest BCUT2D eigenvalue weighted by Crippen LogP contribution is -2.32. The van der Waals surface area contributed by atoms with Gasteiger partial charge in [-0.1, -0.05) is 13.8 Å². The van der Waals surface area contributed by atoms with Crippen LogP contribution in [0.4, 0.5) is 10.1 Å². The SMILES string of the molecule is CC(C)C1=Nc2ccc(F)cc2C(=O)N(C)C1. The summed E-state index contributed by atoms with van der Waals surface area (Å²) in [6, 6.07) is 4.14. The van der Waals surface area contributed by atoms with E-state index in [-0.39, 0.29) is 11.8 Å². The normalized spacial score (nSPS) is 15.7. The molecule has 0 saturated carbocycles. The topological polar surface area (TPSA) is 32.7 Å². The standard InChI is InChI=1S/C13H15FN2O/c1-8(2)12-7-16(3)13(17)10-6-9(14)4-5-11(10)15-12/h4-6,8H,7H2,1-3H3. The third-order valence-electron chi connectivity index (χ3n) is 2.87. The van der Waals surface area contributed by atoms with Crippen LogP contribution in [0, 0.1) is 11.7 Å². The maximum absolute atomic E-state index is 13.2. The number of benzene rings is 1. The zero-order valence-electron chi connectivity index (χ0n) is 10.2. The molecule has 17 heavy (non-hydrogen) atoms. The van der Waals surface area contributed by atoms with Gasteiger partial charge in [-0.05, 0) is 24.1 Å². The van der Waals surface area contributed by atoms with Gasteiger partial charge in [-0.3, -0.25) is 9.79 Å². The molecule has 3 nitrogen and oxygen atoms in total. The Balaban J connectivity index is 2.57. The van der Waals surface area contributed by atoms with Crippen molar-refractivity contribution in [3.05, 3.63) is 29.6 Å². The molecule has 1 aliphatic rings. The fraction of sp³-hybridized carbons (Fsp3) is 0.385. The first kappa shape index (κ1) is 11.8. The maximum Gasteiger partial charge on any atom is 0.256 e. The number of carbonyl (C=O) groups is 1. The number of amides is 1. The van der Waals surface area contributed by atoms with Crippen molar-refractivity contribution < 1.29 is 9.18 Å². The first-order chi connectivity index (χ1) is 7.99. The molecule has 0 atom stereocenters. The van der Waals surface area contributed by atoms with Gasteiger partial charge in [-0.15, -0.1) is 0 Å². The van der Waals surface area contributed by atoms with Crippen molar-refractivity contribution >= 4 is 17.3 Å². The molecule has 0 aliphatic carbocycles. The molecule has 0 saturated heterocycles. The second-order valence-electron chi connectivity index (χ2n) is 4.58. The van der Waals surface area contributed by atoms with Gasteiger partial charge < -0.3 is 4.90 Å². The van der Waals surface area contributed by atoms with Gasteiger partial charge in [0.25, 0.3) is 5.91 Å². The lowest BCUT2D eigenvalue weighted by atomic mass is 10.1. The lowest BCUT2D eigenvalue weighted by Gasteiger charge is -2.17. The highest BCUT2D eigenvalue weighted by Crippen LogP contribution is 2.25. The fourth-order valence-electron chi connectivity index (χ4n) is 1.80. The zero-order chi connectivity index (χ0) is 12.6. The van der Waals surface area contributed by atoms with Crippen molar-refractivity contribution in [2.75, 3.05) is 13.6 Å². The Hall–Kier alpha value is -1.71. The van der Waals surface area contributed by atoms with Gasteiger partial charge in [0.15, 0.2) is 0 Å². The third-order valence-corrected chi connectivity index (χ3v) is 2.87. The van der Waals surface area contributed by atoms with Crippen LogP contribution in [0.5, 0.6) is 0 Å². The van der Waals surface area contributed by atoms with Gasteiger partial charge >= 0.3 is 0 Å². The van der Waals surface area contributed by atoms with E-state index in [0.717, 1.165) is 5.71 Å². The number of nitrogens with zero attached hydrogens (tertiary/aromatic N) is 2. The Bertz CT molecular complexity index is 494. The van der Waals surface area contributed by atoms with E-state index in [2.05, 4.69) is 4.99 Å². The fourth-order valence-corrected chi connectivity index (χ4v) is 1.80. The minimum Gasteiger partial charge on any atom is -0.336 e. The molecular weight excluding hydrogens is 219 g/mol. The molecule has 0 aromatic heterocycles. The summed E-state index contributed by atoms with van der Waals surface area (Å²) >= 11 is 0. The molecule has 1 amide bonds. The summed E-state index contributed by atoms with van der Waals surface area (Å²) < 4.78 is 13.2. The minimum atomic E-state index is -0.409. The Labute approximate surface area is 100.0 Å². The molecule has 1 aromatic rings. The van der Waals surface area contributed by atoms with Crippen LogP contribution >= 0.6 is 0 Å². The molecular formula is C13H15FN2O. The van der Waals surface area contributed by atoms with Crippen LogP contribution in [0.15, 0.2) is 23.2 Å². The van der Waals surface area contributed by atoms with E-state index in [9.17, 15) is 9.18 Å². The molecule has 1 aromatic carbocycles. The number of hydrogen-bond donors (Lipinski definition) is 0. The highest BCUT2D eigenvalue weighted by molar-refractivity contribution is 6.05. The van der Waals surface area contributed by atoms with E-state index in [1.165, 1.54) is 12.1 Å². The van der Waals surface area contributed by atoms with Crippen LogP contribution in [0.1, 0.15) is 24.2 Å². The second kappa shape index (κ2) is 4.28. The molecule has 0 fully saturated rings. The largest absolute Gasteiger partial charge is 0.336 e. The van der Waals surface area contributed by atoms with Gasteiger partial charge in [0.2, 0.25) is 0 Å². The van der Waals surface area contributed by atoms with Crippen LogP contribution in [0.25, 0.3) is 0 Å². The number of halogens is 1. The Morgan fingerprint density at radius 1 is 1.41 bits per heavy atom. The Morgan fingerprint density at radius 2 is 2.12 bits per heavy atom. The molecule has 0 N–H and O–H groups in total. The van der Waals surface area contributed by atoms with Crippen molar-refractivity contribution in [3.63, 3.8) is 0 Å². The van der Waals surface area contributed by atoms with Gasteiger partial charge in [0.05, 0.1) is 17.8 Å². The van der Waals surface area contributed by atoms with Crippen LogP contribution in [0.2, 0.25) is 0 Å². The van der Waals surface area contributed by atoms with E-state index in [1.54, 1.807) is 18.0 Å². The van der Waals surface area contributed by atoms with Crippen LogP contribution in [0.3, 0.4) is 0 Å². The average molecular weight is 234 g/mol. The quantitative estimate of drug-likeness (QED) is 0.735. The molecule has 4 heteroatoms. The molecule has 1 aliphatic heterocycles. The zero-order valence-corrected chi connectivity index (χ0v) is 10.2. The lowest BCUT2D eigenvalue weighted by molar-refractivity contribution is 0.0816. The summed E-state index contributed by atoms with van der Waals surface area (Å²) in [5, 5.41) is 0. The highest BCUT2D eigenvalue weighted by Gasteiger charge is 2.23. The maximum atomic E-state index is 13.2. The number of carbonyl (C=O) groups excluding carboxylic acids is 1. The molecule has 1 heterocycles. The van der Waals surface area contributed by atoms with E-state index in [4.69, 9.17) is 0 Å². The highest BCUT2D eigenvalue weighted by atomic mass is 19.1. The van der Waals surface area contributed by atoms with Crippen molar-refractivity contribution in [3.8, 4) is 0 Å². The van der Waals surface area contributed by atoms with E-state index in [1.807, 2.05) is 13.8 Å². The van der Waals surface area contributed by atoms with Gasteiger partial charge in [-0.2, -0.15) is 0 Å². The van der Waals surface area contributed by atoms with Crippen LogP contribution in [-0.2, 0) is 0 Å². The first-order valence-corrected chi connectivity index (χ1v) is 5.61. The summed E-state index contributed by atoms with van der Waals surface area (Å²) in [7, 11) is 1.71. The molecule has 90 valence electrons. The summed E-state index contributed by atoms with van der Waals surface area (Å²) in [6.07, 6.45) is 0. The second-order valence-corrected chi connectivity index (χ2v) is 4.58. The van der Waals surface area contributed by atoms with Crippen molar-refractivity contribution in [1.82, 2.24) is 4.90 Å². The Morgan fingerprint density at radius 3 is 2.76 bits per heavy atom. The number of aliphatic imine (C=N–C) groups is 1. The van der Waals surface area contributed by atoms with Crippen molar-refractivity contribution in [1.29, 1.82) is 0 Å². The minimum absolute atomic E-state index is 0.182.